The molecule has 1 heterocycles. The second-order valence-electron chi connectivity index (χ2n) is 5.37. The Morgan fingerprint density at radius 2 is 1.76 bits per heavy atom. The summed E-state index contributed by atoms with van der Waals surface area (Å²) in [5.41, 5.74) is 0.490. The molecule has 2 nitrogen and oxygen atoms in total. The van der Waals surface area contributed by atoms with Crippen molar-refractivity contribution in [3.05, 3.63) is 82.9 Å². The third kappa shape index (κ3) is 3.46. The zero-order valence-corrected chi connectivity index (χ0v) is 13.9. The van der Waals surface area contributed by atoms with Crippen LogP contribution in [-0.4, -0.2) is 12.1 Å². The van der Waals surface area contributed by atoms with Crippen molar-refractivity contribution < 1.29 is 17.9 Å². The van der Waals surface area contributed by atoms with Gasteiger partial charge in [-0.25, -0.2) is 4.98 Å². The molecule has 3 aromatic rings. The molecule has 0 amide bonds. The van der Waals surface area contributed by atoms with Gasteiger partial charge >= 0.3 is 0 Å². The second-order valence-corrected chi connectivity index (χ2v) is 5.81. The number of rotatable bonds is 4. The monoisotopic (exact) mass is 363 g/mol. The number of hydrogen-bond donors (Lipinski definition) is 0. The average molecular weight is 364 g/mol. The highest BCUT2D eigenvalue weighted by molar-refractivity contribution is 6.30. The lowest BCUT2D eigenvalue weighted by atomic mass is 9.96. The first-order valence-corrected chi connectivity index (χ1v) is 7.74. The van der Waals surface area contributed by atoms with E-state index in [0.717, 1.165) is 18.3 Å². The summed E-state index contributed by atoms with van der Waals surface area (Å²) in [4.78, 5) is 3.31. The van der Waals surface area contributed by atoms with Crippen molar-refractivity contribution in [1.29, 1.82) is 0 Å². The van der Waals surface area contributed by atoms with Crippen LogP contribution < -0.4 is 4.74 Å². The predicted molar refractivity (Wildman–Crippen MR) is 90.6 cm³/mol. The summed E-state index contributed by atoms with van der Waals surface area (Å²) < 4.78 is 47.8. The SMILES string of the molecule is COc1ccc(C(F)(F)c2ccc(F)nc2)cc1-c1cccc(Cl)c1. The first-order valence-electron chi connectivity index (χ1n) is 7.36. The Morgan fingerprint density at radius 3 is 2.40 bits per heavy atom. The maximum Gasteiger partial charge on any atom is 0.299 e. The van der Waals surface area contributed by atoms with Gasteiger partial charge in [0, 0.05) is 27.9 Å². The van der Waals surface area contributed by atoms with Gasteiger partial charge in [0.2, 0.25) is 5.95 Å². The Morgan fingerprint density at radius 1 is 1.00 bits per heavy atom. The normalized spacial score (nSPS) is 11.4. The fraction of sp³-hybridized carbons (Fsp3) is 0.105. The van der Waals surface area contributed by atoms with Crippen LogP contribution in [0.25, 0.3) is 11.1 Å². The molecule has 0 atom stereocenters. The van der Waals surface area contributed by atoms with Gasteiger partial charge in [-0.1, -0.05) is 23.7 Å². The number of hydrogen-bond acceptors (Lipinski definition) is 2. The lowest BCUT2D eigenvalue weighted by molar-refractivity contribution is 0.0423. The van der Waals surface area contributed by atoms with Gasteiger partial charge in [-0.05, 0) is 48.0 Å². The van der Waals surface area contributed by atoms with Crippen LogP contribution in [0.4, 0.5) is 13.2 Å². The summed E-state index contributed by atoms with van der Waals surface area (Å²) in [7, 11) is 1.46. The summed E-state index contributed by atoms with van der Waals surface area (Å²) in [5, 5.41) is 0.486. The zero-order valence-electron chi connectivity index (χ0n) is 13.1. The second kappa shape index (κ2) is 6.76. The number of aromatic nitrogens is 1. The van der Waals surface area contributed by atoms with E-state index in [1.165, 1.54) is 25.3 Å². The van der Waals surface area contributed by atoms with E-state index in [1.54, 1.807) is 24.3 Å². The molecule has 0 aliphatic rings. The van der Waals surface area contributed by atoms with Gasteiger partial charge in [0.05, 0.1) is 7.11 Å². The Kier molecular flexibility index (Phi) is 4.68. The molecule has 0 saturated heterocycles. The molecule has 6 heteroatoms. The molecular weight excluding hydrogens is 351 g/mol. The number of halogens is 4. The third-order valence-corrected chi connectivity index (χ3v) is 4.02. The van der Waals surface area contributed by atoms with Crippen LogP contribution in [0.15, 0.2) is 60.8 Å². The number of benzene rings is 2. The Labute approximate surface area is 147 Å². The van der Waals surface area contributed by atoms with Crippen molar-refractivity contribution >= 4 is 11.6 Å². The van der Waals surface area contributed by atoms with E-state index in [9.17, 15) is 13.2 Å². The minimum atomic E-state index is -3.33. The molecule has 0 saturated carbocycles. The molecule has 0 radical (unpaired) electrons. The molecule has 128 valence electrons. The summed E-state index contributed by atoms with van der Waals surface area (Å²) >= 11 is 6.00. The van der Waals surface area contributed by atoms with E-state index in [2.05, 4.69) is 4.98 Å². The maximum atomic E-state index is 14.8. The molecule has 0 fully saturated rings. The highest BCUT2D eigenvalue weighted by Gasteiger charge is 2.35. The molecule has 3 rings (SSSR count). The predicted octanol–water partition coefficient (Wildman–Crippen LogP) is 5.69. The van der Waals surface area contributed by atoms with Crippen LogP contribution in [0, 0.1) is 5.95 Å². The summed E-state index contributed by atoms with van der Waals surface area (Å²) in [6.07, 6.45) is 0.832. The van der Waals surface area contributed by atoms with Gasteiger partial charge in [0.15, 0.2) is 0 Å². The van der Waals surface area contributed by atoms with Crippen molar-refractivity contribution in [1.82, 2.24) is 4.98 Å². The quantitative estimate of drug-likeness (QED) is 0.555. The molecular formula is C19H13ClF3NO. The summed E-state index contributed by atoms with van der Waals surface area (Å²) in [6, 6.07) is 12.9. The number of ether oxygens (including phenoxy) is 1. The van der Waals surface area contributed by atoms with Crippen LogP contribution in [0.3, 0.4) is 0 Å². The molecule has 0 aliphatic heterocycles. The Hall–Kier alpha value is -2.53. The number of nitrogens with zero attached hydrogens (tertiary/aromatic N) is 1. The summed E-state index contributed by atoms with van der Waals surface area (Å²) in [6.45, 7) is 0. The number of pyridine rings is 1. The van der Waals surface area contributed by atoms with Crippen molar-refractivity contribution in [2.24, 2.45) is 0 Å². The van der Waals surface area contributed by atoms with Crippen LogP contribution >= 0.6 is 11.6 Å². The molecule has 0 unspecified atom stereocenters. The van der Waals surface area contributed by atoms with E-state index in [4.69, 9.17) is 16.3 Å². The highest BCUT2D eigenvalue weighted by Crippen LogP contribution is 2.40. The average Bonchev–Trinajstić information content (AvgIpc) is 2.61. The van der Waals surface area contributed by atoms with E-state index < -0.39 is 17.4 Å². The van der Waals surface area contributed by atoms with Crippen molar-refractivity contribution in [2.75, 3.05) is 7.11 Å². The fourth-order valence-corrected chi connectivity index (χ4v) is 2.70. The number of methoxy groups -OCH3 is 1. The van der Waals surface area contributed by atoms with E-state index >= 15 is 0 Å². The molecule has 25 heavy (non-hydrogen) atoms. The van der Waals surface area contributed by atoms with Crippen LogP contribution in [0.5, 0.6) is 5.75 Å². The largest absolute Gasteiger partial charge is 0.496 e. The lowest BCUT2D eigenvalue weighted by Crippen LogP contribution is -2.16. The number of alkyl halides is 2. The smallest absolute Gasteiger partial charge is 0.299 e. The van der Waals surface area contributed by atoms with Crippen LogP contribution in [0.2, 0.25) is 5.02 Å². The minimum Gasteiger partial charge on any atom is -0.496 e. The van der Waals surface area contributed by atoms with Crippen LogP contribution in [-0.2, 0) is 5.92 Å². The van der Waals surface area contributed by atoms with Gasteiger partial charge in [-0.2, -0.15) is 13.2 Å². The topological polar surface area (TPSA) is 22.1 Å². The van der Waals surface area contributed by atoms with Gasteiger partial charge < -0.3 is 4.74 Å². The first kappa shape index (κ1) is 17.3. The third-order valence-electron chi connectivity index (χ3n) is 3.79. The summed E-state index contributed by atoms with van der Waals surface area (Å²) in [5.74, 6) is -3.70. The van der Waals surface area contributed by atoms with Gasteiger partial charge in [0.1, 0.15) is 5.75 Å². The molecule has 0 spiro atoms. The maximum absolute atomic E-state index is 14.8. The van der Waals surface area contributed by atoms with Crippen molar-refractivity contribution in [3.63, 3.8) is 0 Å². The van der Waals surface area contributed by atoms with Crippen molar-refractivity contribution in [3.8, 4) is 16.9 Å². The first-order chi connectivity index (χ1) is 11.9. The standard InChI is InChI=1S/C19H13ClF3NO/c1-25-17-7-5-13(10-16(17)12-3-2-4-15(20)9-12)19(22,23)14-6-8-18(21)24-11-14/h2-11H,1H3. The fourth-order valence-electron chi connectivity index (χ4n) is 2.51. The molecule has 1 aromatic heterocycles. The van der Waals surface area contributed by atoms with Crippen LogP contribution in [0.1, 0.15) is 11.1 Å². The lowest BCUT2D eigenvalue weighted by Gasteiger charge is -2.19. The molecule has 0 aliphatic carbocycles. The zero-order chi connectivity index (χ0) is 18.0. The van der Waals surface area contributed by atoms with Gasteiger partial charge in [-0.3, -0.25) is 0 Å². The highest BCUT2D eigenvalue weighted by atomic mass is 35.5. The van der Waals surface area contributed by atoms with E-state index in [-0.39, 0.29) is 5.56 Å². The molecule has 0 N–H and O–H groups in total. The Balaban J connectivity index is 2.11. The van der Waals surface area contributed by atoms with Crippen molar-refractivity contribution in [2.45, 2.75) is 5.92 Å². The minimum absolute atomic E-state index is 0.253. The molecule has 2 aromatic carbocycles. The van der Waals surface area contributed by atoms with E-state index in [0.29, 0.717) is 21.9 Å². The van der Waals surface area contributed by atoms with Gasteiger partial charge in [-0.15, -0.1) is 0 Å². The molecule has 0 bridgehead atoms. The Bertz CT molecular complexity index is 897. The van der Waals surface area contributed by atoms with E-state index in [1.807, 2.05) is 0 Å². The van der Waals surface area contributed by atoms with Gasteiger partial charge in [0.25, 0.3) is 5.92 Å².